The van der Waals surface area contributed by atoms with E-state index in [1.54, 1.807) is 0 Å². The molecule has 0 radical (unpaired) electrons. The van der Waals surface area contributed by atoms with Crippen LogP contribution in [-0.4, -0.2) is 12.3 Å². The van der Waals surface area contributed by atoms with Gasteiger partial charge in [0.15, 0.2) is 0 Å². The predicted molar refractivity (Wildman–Crippen MR) is 55.0 cm³/mol. The summed E-state index contributed by atoms with van der Waals surface area (Å²) in [6.07, 6.45) is 2.64. The Labute approximate surface area is 70.0 Å². The largest absolute Gasteiger partial charge is 0.107 e. The molecule has 0 nitrogen and oxygen atoms in total. The molecule has 0 aromatic carbocycles. The molecule has 0 heterocycles. The first-order valence-corrected chi connectivity index (χ1v) is 7.11. The summed E-state index contributed by atoms with van der Waals surface area (Å²) in [7, 11) is 0.154. The third kappa shape index (κ3) is 3.63. The minimum Gasteiger partial charge on any atom is -0.107 e. The minimum atomic E-state index is 0.154. The zero-order valence-corrected chi connectivity index (χ0v) is 8.84. The average Bonchev–Trinajstić information content (AvgIpc) is 1.91. The van der Waals surface area contributed by atoms with Gasteiger partial charge in [0.25, 0.3) is 0 Å². The van der Waals surface area contributed by atoms with Crippen LogP contribution < -0.4 is 0 Å². The molecule has 1 unspecified atom stereocenters. The van der Waals surface area contributed by atoms with E-state index in [1.165, 1.54) is 12.8 Å². The summed E-state index contributed by atoms with van der Waals surface area (Å²) in [6, 6.07) is 0. The highest BCUT2D eigenvalue weighted by Gasteiger charge is 2.10. The van der Waals surface area contributed by atoms with Crippen LogP contribution in [0.4, 0.5) is 0 Å². The Bertz CT molecular complexity index is 89.3. The van der Waals surface area contributed by atoms with E-state index in [2.05, 4.69) is 27.1 Å². The summed E-state index contributed by atoms with van der Waals surface area (Å²) in [5, 5.41) is 1.98. The molecule has 0 saturated heterocycles. The van der Waals surface area contributed by atoms with Crippen LogP contribution in [0.1, 0.15) is 26.7 Å². The van der Waals surface area contributed by atoms with Gasteiger partial charge >= 0.3 is 0 Å². The van der Waals surface area contributed by atoms with Crippen LogP contribution in [0.5, 0.6) is 0 Å². The van der Waals surface area contributed by atoms with Crippen molar-refractivity contribution in [2.24, 2.45) is 0 Å². The zero-order chi connectivity index (χ0) is 7.98. The number of rotatable bonds is 5. The van der Waals surface area contributed by atoms with E-state index in [0.717, 1.165) is 5.66 Å². The van der Waals surface area contributed by atoms with Crippen molar-refractivity contribution >= 4 is 18.5 Å². The first-order chi connectivity index (χ1) is 4.76. The highest BCUT2D eigenvalue weighted by Crippen LogP contribution is 2.53. The van der Waals surface area contributed by atoms with Gasteiger partial charge in [0.1, 0.15) is 0 Å². The lowest BCUT2D eigenvalue weighted by atomic mass is 10.3. The van der Waals surface area contributed by atoms with Crippen molar-refractivity contribution in [3.05, 3.63) is 12.0 Å². The Morgan fingerprint density at radius 2 is 2.00 bits per heavy atom. The summed E-state index contributed by atoms with van der Waals surface area (Å²) in [5.41, 5.74) is 0.929. The average molecular weight is 176 g/mol. The van der Waals surface area contributed by atoms with Crippen LogP contribution in [0.3, 0.4) is 0 Å². The molecular formula is C8H17PS. The van der Waals surface area contributed by atoms with Crippen LogP contribution in [-0.2, 0) is 0 Å². The molecule has 0 spiro atoms. The first-order valence-electron chi connectivity index (χ1n) is 3.76. The van der Waals surface area contributed by atoms with Crippen molar-refractivity contribution in [3.8, 4) is 0 Å². The fourth-order valence-electron chi connectivity index (χ4n) is 1.01. The third-order valence-electron chi connectivity index (χ3n) is 1.70. The van der Waals surface area contributed by atoms with Gasteiger partial charge in [-0.15, -0.1) is 11.4 Å². The Kier molecular flexibility index (Phi) is 6.57. The van der Waals surface area contributed by atoms with Gasteiger partial charge in [-0.1, -0.05) is 20.4 Å². The standard InChI is InChI=1S/C8H17PS/c1-5-8(6-2)9(4)10-7-3/h7-8H,3,5-6H2,1-2,4H3. The highest BCUT2D eigenvalue weighted by molar-refractivity contribution is 8.57. The van der Waals surface area contributed by atoms with Crippen molar-refractivity contribution < 1.29 is 0 Å². The number of hydrogen-bond acceptors (Lipinski definition) is 1. The molecule has 2 heteroatoms. The van der Waals surface area contributed by atoms with Crippen molar-refractivity contribution in [2.45, 2.75) is 32.3 Å². The maximum Gasteiger partial charge on any atom is -0.0121 e. The van der Waals surface area contributed by atoms with Gasteiger partial charge in [-0.3, -0.25) is 0 Å². The normalized spacial score (nSPS) is 13.6. The van der Waals surface area contributed by atoms with E-state index in [-0.39, 0.29) is 7.12 Å². The third-order valence-corrected chi connectivity index (χ3v) is 6.28. The molecule has 0 amide bonds. The first kappa shape index (κ1) is 10.5. The summed E-state index contributed by atoms with van der Waals surface area (Å²) in [4.78, 5) is 0. The summed E-state index contributed by atoms with van der Waals surface area (Å²) < 4.78 is 0. The lowest BCUT2D eigenvalue weighted by Gasteiger charge is -2.18. The van der Waals surface area contributed by atoms with E-state index in [9.17, 15) is 0 Å². The molecule has 0 aliphatic heterocycles. The van der Waals surface area contributed by atoms with Crippen molar-refractivity contribution in [1.82, 2.24) is 0 Å². The lowest BCUT2D eigenvalue weighted by molar-refractivity contribution is 0.787. The Hall–Kier alpha value is 0.520. The molecule has 0 aromatic rings. The molecule has 0 rings (SSSR count). The molecule has 0 aliphatic carbocycles. The van der Waals surface area contributed by atoms with Crippen LogP contribution in [0.15, 0.2) is 12.0 Å². The lowest BCUT2D eigenvalue weighted by Crippen LogP contribution is -1.97. The molecular weight excluding hydrogens is 159 g/mol. The maximum absolute atomic E-state index is 3.73. The van der Waals surface area contributed by atoms with Gasteiger partial charge in [-0.05, 0) is 37.7 Å². The van der Waals surface area contributed by atoms with Crippen molar-refractivity contribution in [1.29, 1.82) is 0 Å². The molecule has 0 aromatic heterocycles. The molecule has 0 bridgehead atoms. The van der Waals surface area contributed by atoms with Crippen LogP contribution in [0, 0.1) is 0 Å². The monoisotopic (exact) mass is 176 g/mol. The SMILES string of the molecule is C=CSP(C)C(CC)CC. The van der Waals surface area contributed by atoms with Gasteiger partial charge < -0.3 is 0 Å². The van der Waals surface area contributed by atoms with Gasteiger partial charge in [0.05, 0.1) is 0 Å². The number of hydrogen-bond donors (Lipinski definition) is 0. The fourth-order valence-corrected chi connectivity index (χ4v) is 4.56. The summed E-state index contributed by atoms with van der Waals surface area (Å²) in [5.74, 6) is 0. The molecule has 0 N–H and O–H groups in total. The quantitative estimate of drug-likeness (QED) is 0.569. The molecule has 10 heavy (non-hydrogen) atoms. The topological polar surface area (TPSA) is 0 Å². The van der Waals surface area contributed by atoms with Crippen LogP contribution >= 0.6 is 18.5 Å². The summed E-state index contributed by atoms with van der Waals surface area (Å²) >= 11 is 1.92. The molecule has 1 atom stereocenters. The Morgan fingerprint density at radius 3 is 2.30 bits per heavy atom. The van der Waals surface area contributed by atoms with Crippen molar-refractivity contribution in [3.63, 3.8) is 0 Å². The molecule has 0 aliphatic rings. The highest BCUT2D eigenvalue weighted by atomic mass is 32.7. The smallest absolute Gasteiger partial charge is 0.0121 e. The maximum atomic E-state index is 3.73. The second-order valence-corrected chi connectivity index (χ2v) is 7.02. The van der Waals surface area contributed by atoms with E-state index in [1.807, 2.05) is 16.8 Å². The van der Waals surface area contributed by atoms with Gasteiger partial charge in [0.2, 0.25) is 0 Å². The van der Waals surface area contributed by atoms with Crippen LogP contribution in [0.2, 0.25) is 0 Å². The van der Waals surface area contributed by atoms with Crippen molar-refractivity contribution in [2.75, 3.05) is 6.66 Å². The van der Waals surface area contributed by atoms with Gasteiger partial charge in [0, 0.05) is 0 Å². The minimum absolute atomic E-state index is 0.154. The molecule has 60 valence electrons. The fraction of sp³-hybridized carbons (Fsp3) is 0.750. The Morgan fingerprint density at radius 1 is 1.50 bits per heavy atom. The predicted octanol–water partition coefficient (Wildman–Crippen LogP) is 4.08. The molecule has 0 saturated carbocycles. The second-order valence-electron chi connectivity index (χ2n) is 2.29. The van der Waals surface area contributed by atoms with Gasteiger partial charge in [-0.25, -0.2) is 0 Å². The zero-order valence-electron chi connectivity index (χ0n) is 7.13. The van der Waals surface area contributed by atoms with Crippen LogP contribution in [0.25, 0.3) is 0 Å². The van der Waals surface area contributed by atoms with E-state index in [4.69, 9.17) is 0 Å². The van der Waals surface area contributed by atoms with E-state index in [0.29, 0.717) is 0 Å². The van der Waals surface area contributed by atoms with Gasteiger partial charge in [-0.2, -0.15) is 0 Å². The molecule has 0 fully saturated rings. The second kappa shape index (κ2) is 6.24. The van der Waals surface area contributed by atoms with E-state index >= 15 is 0 Å². The van der Waals surface area contributed by atoms with E-state index < -0.39 is 0 Å². The Balaban J connectivity index is 3.63. The summed E-state index contributed by atoms with van der Waals surface area (Å²) in [6.45, 7) is 10.6.